The summed E-state index contributed by atoms with van der Waals surface area (Å²) in [5.41, 5.74) is 10.1. The first-order chi connectivity index (χ1) is 21.8. The summed E-state index contributed by atoms with van der Waals surface area (Å²) in [5, 5.41) is 15.7. The van der Waals surface area contributed by atoms with Crippen LogP contribution in [0.15, 0.2) is 73.2 Å². The van der Waals surface area contributed by atoms with E-state index < -0.39 is 36.0 Å². The van der Waals surface area contributed by atoms with E-state index in [1.165, 1.54) is 11.2 Å². The molecule has 0 saturated carbocycles. The van der Waals surface area contributed by atoms with Gasteiger partial charge in [-0.15, -0.1) is 0 Å². The van der Waals surface area contributed by atoms with Gasteiger partial charge in [-0.3, -0.25) is 19.8 Å². The molecule has 0 bridgehead atoms. The van der Waals surface area contributed by atoms with Gasteiger partial charge in [-0.25, -0.2) is 4.98 Å². The minimum atomic E-state index is -1.000. The molecule has 13 nitrogen and oxygen atoms in total. The van der Waals surface area contributed by atoms with Crippen molar-refractivity contribution in [2.45, 2.75) is 56.5 Å². The summed E-state index contributed by atoms with van der Waals surface area (Å²) in [6, 6.07) is 16.2. The van der Waals surface area contributed by atoms with E-state index in [4.69, 9.17) is 17.3 Å². The number of carbonyl (C=O) groups is 3. The first-order valence-corrected chi connectivity index (χ1v) is 14.6. The average Bonchev–Trinajstić information content (AvgIpc) is 3.73. The van der Waals surface area contributed by atoms with Crippen LogP contribution >= 0.6 is 0 Å². The number of amides is 3. The van der Waals surface area contributed by atoms with Crippen molar-refractivity contribution in [2.24, 2.45) is 11.5 Å². The monoisotopic (exact) mass is 604 g/mol. The van der Waals surface area contributed by atoms with Crippen LogP contribution in [0.1, 0.15) is 29.7 Å². The van der Waals surface area contributed by atoms with Gasteiger partial charge in [-0.1, -0.05) is 60.7 Å². The van der Waals surface area contributed by atoms with Crippen molar-refractivity contribution in [1.82, 2.24) is 30.8 Å². The van der Waals surface area contributed by atoms with Crippen LogP contribution in [0.3, 0.4) is 0 Å². The van der Waals surface area contributed by atoms with Crippen LogP contribution in [0.5, 0.6) is 0 Å². The van der Waals surface area contributed by atoms with E-state index in [0.29, 0.717) is 38.2 Å². The van der Waals surface area contributed by atoms with Crippen molar-refractivity contribution in [3.8, 4) is 0 Å². The van der Waals surface area contributed by atoms with Crippen LogP contribution in [0.4, 0.5) is 0 Å². The fraction of sp³-hybridized carbons (Fsp3) is 0.387. The third kappa shape index (κ3) is 9.64. The fourth-order valence-electron chi connectivity index (χ4n) is 5.07. The smallest absolute Gasteiger partial charge is 0.246 e. The van der Waals surface area contributed by atoms with Gasteiger partial charge in [-0.2, -0.15) is 0 Å². The maximum absolute atomic E-state index is 14.2. The number of ether oxygens (including phenoxy) is 1. The lowest BCUT2D eigenvalue weighted by molar-refractivity contribution is -0.141. The molecular weight excluding hydrogens is 562 g/mol. The number of benzene rings is 2. The lowest BCUT2D eigenvalue weighted by Gasteiger charge is -2.29. The molecule has 3 aromatic rings. The lowest BCUT2D eigenvalue weighted by Crippen LogP contribution is -2.56. The summed E-state index contributed by atoms with van der Waals surface area (Å²) in [4.78, 5) is 49.4. The maximum Gasteiger partial charge on any atom is 0.246 e. The van der Waals surface area contributed by atoms with E-state index >= 15 is 0 Å². The van der Waals surface area contributed by atoms with Gasteiger partial charge in [0.1, 0.15) is 13.5 Å². The minimum Gasteiger partial charge on any atom is -0.372 e. The number of rotatable bonds is 16. The van der Waals surface area contributed by atoms with Crippen LogP contribution in [0.25, 0.3) is 0 Å². The Morgan fingerprint density at radius 3 is 2.43 bits per heavy atom. The molecule has 2 aromatic carbocycles. The zero-order valence-electron chi connectivity index (χ0n) is 25.5. The van der Waals surface area contributed by atoms with Gasteiger partial charge in [0, 0.05) is 50.8 Å². The van der Waals surface area contributed by atoms with Crippen LogP contribution in [0.2, 0.25) is 1.41 Å². The highest BCUT2D eigenvalue weighted by Crippen LogP contribution is 2.24. The van der Waals surface area contributed by atoms with Gasteiger partial charge in [0.25, 0.3) is 0 Å². The van der Waals surface area contributed by atoms with Crippen LogP contribution in [-0.2, 0) is 38.6 Å². The van der Waals surface area contributed by atoms with E-state index in [9.17, 15) is 14.4 Å². The molecule has 1 aliphatic heterocycles. The molecule has 13 heteroatoms. The highest BCUT2D eigenvalue weighted by Gasteiger charge is 2.42. The van der Waals surface area contributed by atoms with Crippen molar-refractivity contribution < 1.29 is 20.5 Å². The predicted octanol–water partition coefficient (Wildman–Crippen LogP) is 0.183. The molecule has 1 aliphatic rings. The molecule has 44 heavy (non-hydrogen) atoms. The molecule has 1 saturated heterocycles. The Morgan fingerprint density at radius 2 is 1.77 bits per heavy atom. The molecule has 0 spiro atoms. The zero-order chi connectivity index (χ0) is 32.0. The molecule has 1 fully saturated rings. The molecule has 0 radical (unpaired) electrons. The van der Waals surface area contributed by atoms with E-state index in [0.717, 1.165) is 11.1 Å². The Hall–Kier alpha value is -4.75. The third-order valence-electron chi connectivity index (χ3n) is 7.34. The van der Waals surface area contributed by atoms with E-state index in [1.54, 1.807) is 6.20 Å². The molecule has 4 atom stereocenters. The quantitative estimate of drug-likeness (QED) is 0.0681. The largest absolute Gasteiger partial charge is 0.372 e. The normalized spacial score (nSPS) is 17.7. The lowest BCUT2D eigenvalue weighted by atomic mass is 10.0. The number of H-pyrrole nitrogens is 1. The van der Waals surface area contributed by atoms with Crippen molar-refractivity contribution in [1.29, 1.82) is 5.41 Å². The molecule has 2 heterocycles. The number of aromatic amines is 1. The standard InChI is InChI=1S/C31H41N9O4/c32-25(15-23-17-35-20-38-23)28(41)39-26(14-21-8-3-1-4-9-21)30(43)40-18-24(44-19-22-10-5-2-6-11-22)16-27(40)29(42)36-12-7-13-37-31(33)34/h1-6,8-11,17,20,24-27H,7,12-16,18-19,32H2,(H,35,38)(H,36,42)(H,39,41)(H4,33,34,37)/t24-,25+,26+,27+/m1/s1/i/hD. The summed E-state index contributed by atoms with van der Waals surface area (Å²) in [6.07, 6.45) is 3.85. The van der Waals surface area contributed by atoms with E-state index in [2.05, 4.69) is 31.6 Å². The fourth-order valence-corrected chi connectivity index (χ4v) is 5.07. The number of carbonyl (C=O) groups excluding carboxylic acids is 3. The van der Waals surface area contributed by atoms with Gasteiger partial charge < -0.3 is 42.0 Å². The number of hydrogen-bond acceptors (Lipinski definition) is 7. The molecule has 234 valence electrons. The highest BCUT2D eigenvalue weighted by molar-refractivity contribution is 5.93. The minimum absolute atomic E-state index is 0.147. The number of nitrogens with two attached hydrogens (primary N) is 2. The number of likely N-dealkylation sites (tertiary alicyclic amines) is 1. The van der Waals surface area contributed by atoms with Crippen molar-refractivity contribution in [3.05, 3.63) is 90.0 Å². The molecule has 9 N–H and O–H groups in total. The van der Waals surface area contributed by atoms with Gasteiger partial charge >= 0.3 is 0 Å². The molecule has 0 aliphatic carbocycles. The summed E-state index contributed by atoms with van der Waals surface area (Å²) in [6.45, 7) is 1.24. The molecule has 3 amide bonds. The Kier molecular flexibility index (Phi) is 11.3. The number of nitrogens with zero attached hydrogens (tertiary/aromatic N) is 2. The summed E-state index contributed by atoms with van der Waals surface area (Å²) < 4.78 is 13.9. The number of hydrogen-bond donors (Lipinski definition) is 7. The number of guanidine groups is 1. The van der Waals surface area contributed by atoms with Crippen molar-refractivity contribution in [2.75, 3.05) is 19.6 Å². The van der Waals surface area contributed by atoms with Gasteiger partial charge in [0.2, 0.25) is 17.7 Å². The molecular formula is C31H41N9O4. The first-order valence-electron chi connectivity index (χ1n) is 15.1. The summed E-state index contributed by atoms with van der Waals surface area (Å²) >= 11 is 0. The van der Waals surface area contributed by atoms with Crippen LogP contribution in [-0.4, -0.2) is 82.4 Å². The Balaban J connectivity index is 1.51. The maximum atomic E-state index is 14.2. The topological polar surface area (TPSA) is 204 Å². The van der Waals surface area contributed by atoms with Crippen LogP contribution < -0.4 is 27.4 Å². The van der Waals surface area contributed by atoms with Gasteiger partial charge in [0.15, 0.2) is 5.96 Å². The Morgan fingerprint density at radius 1 is 1.07 bits per heavy atom. The summed E-state index contributed by atoms with van der Waals surface area (Å²) in [7, 11) is 0. The molecule has 4 rings (SSSR count). The zero-order valence-corrected chi connectivity index (χ0v) is 24.5. The highest BCUT2D eigenvalue weighted by atomic mass is 16.5. The average molecular weight is 605 g/mol. The Labute approximate surface area is 258 Å². The molecule has 0 unspecified atom stereocenters. The second-order valence-electron chi connectivity index (χ2n) is 10.7. The van der Waals surface area contributed by atoms with Gasteiger partial charge in [-0.05, 0) is 17.5 Å². The number of imidazole rings is 1. The first kappa shape index (κ1) is 30.7. The van der Waals surface area contributed by atoms with Crippen molar-refractivity contribution in [3.63, 3.8) is 0 Å². The third-order valence-corrected chi connectivity index (χ3v) is 7.34. The van der Waals surface area contributed by atoms with E-state index in [1.807, 2.05) is 60.7 Å². The predicted molar refractivity (Wildman–Crippen MR) is 165 cm³/mol. The summed E-state index contributed by atoms with van der Waals surface area (Å²) in [5.74, 6) is -1.41. The second kappa shape index (κ2) is 16.2. The molecule has 1 aromatic heterocycles. The van der Waals surface area contributed by atoms with Crippen LogP contribution in [0, 0.1) is 5.41 Å². The van der Waals surface area contributed by atoms with Crippen molar-refractivity contribution >= 4 is 23.7 Å². The Bertz CT molecular complexity index is 1380. The van der Waals surface area contributed by atoms with Gasteiger partial charge in [0.05, 0.1) is 25.1 Å². The number of aromatic nitrogens is 2. The van der Waals surface area contributed by atoms with E-state index in [-0.39, 0.29) is 31.3 Å². The SMILES string of the molecule is [2H]N[C@@H](Cc1cnc[nH]1)C(=O)N[C@@H](Cc1ccccc1)C(=O)N1C[C@H](OCc2ccccc2)C[C@H]1C(=O)NCCCNC(=N)N. The second-order valence-corrected chi connectivity index (χ2v) is 10.7. The number of nitrogens with one attached hydrogen (secondary N) is 5.